The fraction of sp³-hybridized carbons (Fsp3) is 0.350. The molecule has 2 aromatic carbocycles. The summed E-state index contributed by atoms with van der Waals surface area (Å²) in [6.07, 6.45) is 0. The smallest absolute Gasteiger partial charge is 0.239 e. The molecule has 4 nitrogen and oxygen atoms in total. The lowest BCUT2D eigenvalue weighted by atomic mass is 10.0. The number of nitrogens with one attached hydrogen (secondary N) is 3. The van der Waals surface area contributed by atoms with Crippen LogP contribution in [-0.4, -0.2) is 30.0 Å². The first-order valence-electron chi connectivity index (χ1n) is 8.61. The summed E-state index contributed by atoms with van der Waals surface area (Å²) in [5, 5.41) is 9.46. The van der Waals surface area contributed by atoms with Crippen LogP contribution in [-0.2, 0) is 11.3 Å². The van der Waals surface area contributed by atoms with Crippen LogP contribution in [0.5, 0.6) is 0 Å². The van der Waals surface area contributed by atoms with E-state index in [1.54, 1.807) is 13.8 Å². The molecule has 0 radical (unpaired) electrons. The minimum Gasteiger partial charge on any atom is -0.388 e. The van der Waals surface area contributed by atoms with Crippen LogP contribution in [0.1, 0.15) is 19.4 Å². The molecule has 0 atom stereocenters. The molecule has 26 heavy (non-hydrogen) atoms. The van der Waals surface area contributed by atoms with Gasteiger partial charge in [0.05, 0.1) is 4.75 Å². The molecule has 0 heterocycles. The third kappa shape index (κ3) is 5.69. The summed E-state index contributed by atoms with van der Waals surface area (Å²) >= 11 is 8.59. The van der Waals surface area contributed by atoms with E-state index >= 15 is 0 Å². The van der Waals surface area contributed by atoms with Crippen LogP contribution in [0.15, 0.2) is 42.5 Å². The number of hydrogen-bond acceptors (Lipinski definition) is 5. The van der Waals surface area contributed by atoms with Crippen LogP contribution in [0.3, 0.4) is 0 Å². The fourth-order valence-corrected chi connectivity index (χ4v) is 2.66. The summed E-state index contributed by atoms with van der Waals surface area (Å²) in [7, 11) is 1.90. The maximum absolute atomic E-state index is 12.3. The largest absolute Gasteiger partial charge is 0.388 e. The lowest BCUT2D eigenvalue weighted by Gasteiger charge is -2.19. The first-order chi connectivity index (χ1) is 12.3. The van der Waals surface area contributed by atoms with E-state index in [-0.39, 0.29) is 5.91 Å². The lowest BCUT2D eigenvalue weighted by molar-refractivity contribution is -0.117. The van der Waals surface area contributed by atoms with Crippen molar-refractivity contribution < 1.29 is 4.79 Å². The number of amides is 1. The first-order valence-corrected chi connectivity index (χ1v) is 9.69. The predicted octanol–water partition coefficient (Wildman–Crippen LogP) is 4.06. The van der Waals surface area contributed by atoms with Crippen molar-refractivity contribution in [1.82, 2.24) is 5.32 Å². The summed E-state index contributed by atoms with van der Waals surface area (Å²) in [4.78, 5) is 12.3. The molecule has 6 heteroatoms. The summed E-state index contributed by atoms with van der Waals surface area (Å²) < 4.78 is -0.739. The molecule has 140 valence electrons. The van der Waals surface area contributed by atoms with Crippen LogP contribution < -0.4 is 16.0 Å². The third-order valence-corrected chi connectivity index (χ3v) is 4.45. The zero-order valence-electron chi connectivity index (χ0n) is 15.5. The van der Waals surface area contributed by atoms with Gasteiger partial charge in [0.2, 0.25) is 5.91 Å². The van der Waals surface area contributed by atoms with Crippen molar-refractivity contribution in [2.75, 3.05) is 30.0 Å². The second-order valence-corrected chi connectivity index (χ2v) is 8.18. The van der Waals surface area contributed by atoms with E-state index in [1.165, 1.54) is 0 Å². The van der Waals surface area contributed by atoms with Gasteiger partial charge < -0.3 is 16.0 Å². The quantitative estimate of drug-likeness (QED) is 0.350. The molecule has 0 aliphatic carbocycles. The first kappa shape index (κ1) is 20.7. The van der Waals surface area contributed by atoms with Crippen LogP contribution >= 0.6 is 25.3 Å². The fourth-order valence-electron chi connectivity index (χ4n) is 2.45. The second kappa shape index (κ2) is 9.35. The summed E-state index contributed by atoms with van der Waals surface area (Å²) in [5.41, 5.74) is 5.15. The molecule has 0 bridgehead atoms. The Labute approximate surface area is 167 Å². The van der Waals surface area contributed by atoms with Gasteiger partial charge in [-0.25, -0.2) is 0 Å². The van der Waals surface area contributed by atoms with Gasteiger partial charge >= 0.3 is 0 Å². The summed E-state index contributed by atoms with van der Waals surface area (Å²) in [5.74, 6) is 0.638. The molecule has 0 spiro atoms. The molecule has 2 rings (SSSR count). The number of thiol groups is 2. The SMILES string of the molecule is CNc1ccc(-c2ccc(NC(=O)C(C)(C)S)c(CNCCS)c2)cc1. The Bertz CT molecular complexity index is 740. The molecule has 0 saturated heterocycles. The van der Waals surface area contributed by atoms with Gasteiger partial charge in [-0.3, -0.25) is 4.79 Å². The van der Waals surface area contributed by atoms with Gasteiger partial charge in [0, 0.05) is 37.3 Å². The Hall–Kier alpha value is -1.63. The zero-order valence-corrected chi connectivity index (χ0v) is 17.3. The van der Waals surface area contributed by atoms with Crippen molar-refractivity contribution >= 4 is 42.5 Å². The molecule has 0 unspecified atom stereocenters. The van der Waals surface area contributed by atoms with E-state index in [2.05, 4.69) is 59.4 Å². The van der Waals surface area contributed by atoms with Crippen LogP contribution in [0.25, 0.3) is 11.1 Å². The average Bonchev–Trinajstić information content (AvgIpc) is 2.62. The van der Waals surface area contributed by atoms with Gasteiger partial charge in [-0.15, -0.1) is 0 Å². The van der Waals surface area contributed by atoms with Crippen molar-refractivity contribution in [2.24, 2.45) is 0 Å². The Morgan fingerprint density at radius 2 is 1.73 bits per heavy atom. The molecule has 0 fully saturated rings. The van der Waals surface area contributed by atoms with Gasteiger partial charge in [0.1, 0.15) is 0 Å². The van der Waals surface area contributed by atoms with Crippen LogP contribution in [0, 0.1) is 0 Å². The summed E-state index contributed by atoms with van der Waals surface area (Å²) in [6, 6.07) is 14.4. The number of benzene rings is 2. The molecule has 1 amide bonds. The molecule has 0 aliphatic rings. The number of carbonyl (C=O) groups is 1. The molecular weight excluding hydrogens is 362 g/mol. The van der Waals surface area contributed by atoms with E-state index < -0.39 is 4.75 Å². The molecule has 0 aliphatic heterocycles. The molecule has 0 aromatic heterocycles. The highest BCUT2D eigenvalue weighted by Gasteiger charge is 2.23. The van der Waals surface area contributed by atoms with E-state index in [4.69, 9.17) is 0 Å². The van der Waals surface area contributed by atoms with Crippen molar-refractivity contribution in [3.8, 4) is 11.1 Å². The number of rotatable bonds is 8. The highest BCUT2D eigenvalue weighted by atomic mass is 32.1. The van der Waals surface area contributed by atoms with Crippen LogP contribution in [0.2, 0.25) is 0 Å². The van der Waals surface area contributed by atoms with Gasteiger partial charge in [0.25, 0.3) is 0 Å². The number of carbonyl (C=O) groups excluding carboxylic acids is 1. The monoisotopic (exact) mass is 389 g/mol. The normalized spacial score (nSPS) is 11.3. The minimum absolute atomic E-state index is 0.123. The number of hydrogen-bond donors (Lipinski definition) is 5. The Balaban J connectivity index is 2.31. The number of anilines is 2. The minimum atomic E-state index is -0.739. The molecule has 2 aromatic rings. The van der Waals surface area contributed by atoms with Crippen molar-refractivity contribution in [2.45, 2.75) is 25.1 Å². The maximum Gasteiger partial charge on any atom is 0.239 e. The van der Waals surface area contributed by atoms with Crippen LogP contribution in [0.4, 0.5) is 11.4 Å². The standard InChI is InChI=1S/C20H27N3OS2/c1-20(2,26)19(24)23-18-9-6-15(12-16(18)13-22-10-11-25)14-4-7-17(21-3)8-5-14/h4-9,12,21-22,25-26H,10-11,13H2,1-3H3,(H,23,24). The second-order valence-electron chi connectivity index (χ2n) is 6.61. The maximum atomic E-state index is 12.3. The van der Waals surface area contributed by atoms with Gasteiger partial charge in [-0.05, 0) is 54.8 Å². The predicted molar refractivity (Wildman–Crippen MR) is 119 cm³/mol. The Morgan fingerprint density at radius 3 is 2.31 bits per heavy atom. The van der Waals surface area contributed by atoms with E-state index in [9.17, 15) is 4.79 Å². The van der Waals surface area contributed by atoms with Crippen molar-refractivity contribution in [1.29, 1.82) is 0 Å². The highest BCUT2D eigenvalue weighted by Crippen LogP contribution is 2.27. The Morgan fingerprint density at radius 1 is 1.08 bits per heavy atom. The Kier molecular flexibility index (Phi) is 7.43. The van der Waals surface area contributed by atoms with Gasteiger partial charge in [-0.2, -0.15) is 25.3 Å². The zero-order chi connectivity index (χ0) is 19.2. The van der Waals surface area contributed by atoms with Gasteiger partial charge in [0.15, 0.2) is 0 Å². The highest BCUT2D eigenvalue weighted by molar-refractivity contribution is 7.82. The topological polar surface area (TPSA) is 53.2 Å². The third-order valence-electron chi connectivity index (χ3n) is 4.02. The lowest BCUT2D eigenvalue weighted by Crippen LogP contribution is -2.32. The molecule has 0 saturated carbocycles. The van der Waals surface area contributed by atoms with E-state index in [1.807, 2.05) is 31.3 Å². The summed E-state index contributed by atoms with van der Waals surface area (Å²) in [6.45, 7) is 5.02. The van der Waals surface area contributed by atoms with E-state index in [0.29, 0.717) is 6.54 Å². The van der Waals surface area contributed by atoms with E-state index in [0.717, 1.165) is 40.4 Å². The van der Waals surface area contributed by atoms with Gasteiger partial charge in [-0.1, -0.05) is 18.2 Å². The van der Waals surface area contributed by atoms with Crippen molar-refractivity contribution in [3.63, 3.8) is 0 Å². The molecule has 3 N–H and O–H groups in total. The van der Waals surface area contributed by atoms with Crippen molar-refractivity contribution in [3.05, 3.63) is 48.0 Å². The average molecular weight is 390 g/mol. The molecular formula is C20H27N3OS2.